The van der Waals surface area contributed by atoms with Crippen molar-refractivity contribution in [3.8, 4) is 34.4 Å². The normalized spacial score (nSPS) is 12.3. The van der Waals surface area contributed by atoms with Crippen molar-refractivity contribution in [2.45, 2.75) is 51.6 Å². The Hall–Kier alpha value is -4.45. The SMILES string of the molecule is Cc1c(COc2cc(OCc3cncc(C#N)c3)c(CN[C@](C)(CO)C(=O)O)cc2Cl)cccc1-c1cccc(OCCCNC(CO)CO)c1Cl. The average Bonchev–Trinajstić information content (AvgIpc) is 3.15. The molecule has 6 N–H and O–H groups in total. The molecule has 52 heavy (non-hydrogen) atoms. The highest BCUT2D eigenvalue weighted by atomic mass is 35.5. The number of nitrogens with one attached hydrogen (secondary N) is 2. The first-order chi connectivity index (χ1) is 25.0. The van der Waals surface area contributed by atoms with E-state index in [1.165, 1.54) is 13.1 Å². The number of nitriles is 1. The van der Waals surface area contributed by atoms with Gasteiger partial charge in [-0.3, -0.25) is 15.1 Å². The number of aliphatic hydroxyl groups is 3. The molecule has 0 spiro atoms. The van der Waals surface area contributed by atoms with Crippen molar-refractivity contribution in [3.63, 3.8) is 0 Å². The predicted molar refractivity (Wildman–Crippen MR) is 197 cm³/mol. The van der Waals surface area contributed by atoms with E-state index in [0.29, 0.717) is 58.5 Å². The maximum Gasteiger partial charge on any atom is 0.326 e. The van der Waals surface area contributed by atoms with Crippen LogP contribution in [0, 0.1) is 18.3 Å². The van der Waals surface area contributed by atoms with Gasteiger partial charge in [0.25, 0.3) is 0 Å². The van der Waals surface area contributed by atoms with Gasteiger partial charge in [-0.1, -0.05) is 53.5 Å². The van der Waals surface area contributed by atoms with E-state index in [9.17, 15) is 30.5 Å². The molecule has 12 nitrogen and oxygen atoms in total. The second-order valence-electron chi connectivity index (χ2n) is 12.2. The van der Waals surface area contributed by atoms with Crippen LogP contribution in [-0.4, -0.2) is 75.9 Å². The number of pyridine rings is 1. The summed E-state index contributed by atoms with van der Waals surface area (Å²) in [6.07, 6.45) is 3.67. The number of carboxylic acid groups (broad SMARTS) is 1. The minimum Gasteiger partial charge on any atom is -0.492 e. The minimum atomic E-state index is -1.61. The number of aromatic nitrogens is 1. The van der Waals surface area contributed by atoms with Crippen molar-refractivity contribution in [2.75, 3.05) is 33.0 Å². The number of ether oxygens (including phenoxy) is 3. The lowest BCUT2D eigenvalue weighted by Crippen LogP contribution is -2.52. The molecule has 3 aromatic carbocycles. The van der Waals surface area contributed by atoms with Gasteiger partial charge in [0.15, 0.2) is 0 Å². The van der Waals surface area contributed by atoms with Crippen molar-refractivity contribution in [2.24, 2.45) is 0 Å². The third-order valence-electron chi connectivity index (χ3n) is 8.43. The van der Waals surface area contributed by atoms with Crippen molar-refractivity contribution in [3.05, 3.63) is 105 Å². The van der Waals surface area contributed by atoms with E-state index < -0.39 is 18.1 Å². The molecule has 1 aromatic heterocycles. The molecular formula is C38H42Cl2N4O8. The Morgan fingerprint density at radius 2 is 1.67 bits per heavy atom. The van der Waals surface area contributed by atoms with Crippen LogP contribution in [0.15, 0.2) is 67.0 Å². The van der Waals surface area contributed by atoms with Gasteiger partial charge in [0, 0.05) is 41.7 Å². The number of rotatable bonds is 20. The molecule has 0 aliphatic heterocycles. The summed E-state index contributed by atoms with van der Waals surface area (Å²) < 4.78 is 18.3. The van der Waals surface area contributed by atoms with Gasteiger partial charge < -0.3 is 40.0 Å². The number of nitrogens with zero attached hydrogens (tertiary/aromatic N) is 2. The summed E-state index contributed by atoms with van der Waals surface area (Å²) in [7, 11) is 0. The monoisotopic (exact) mass is 752 g/mol. The number of aliphatic hydroxyl groups excluding tert-OH is 3. The second-order valence-corrected chi connectivity index (χ2v) is 13.0. The van der Waals surface area contributed by atoms with E-state index in [-0.39, 0.29) is 44.0 Å². The van der Waals surface area contributed by atoms with E-state index in [1.54, 1.807) is 30.5 Å². The summed E-state index contributed by atoms with van der Waals surface area (Å²) in [5.74, 6) is -0.00912. The van der Waals surface area contributed by atoms with Crippen LogP contribution in [0.25, 0.3) is 11.1 Å². The van der Waals surface area contributed by atoms with Gasteiger partial charge in [-0.2, -0.15) is 5.26 Å². The zero-order valence-electron chi connectivity index (χ0n) is 28.9. The summed E-state index contributed by atoms with van der Waals surface area (Å²) in [4.78, 5) is 15.9. The first-order valence-corrected chi connectivity index (χ1v) is 17.3. The quantitative estimate of drug-likeness (QED) is 0.0663. The molecule has 0 aliphatic rings. The van der Waals surface area contributed by atoms with Gasteiger partial charge >= 0.3 is 5.97 Å². The summed E-state index contributed by atoms with van der Waals surface area (Å²) in [5, 5.41) is 53.7. The lowest BCUT2D eigenvalue weighted by Gasteiger charge is -2.25. The first kappa shape index (κ1) is 40.3. The summed E-state index contributed by atoms with van der Waals surface area (Å²) in [6, 6.07) is 18.0. The Morgan fingerprint density at radius 1 is 0.942 bits per heavy atom. The van der Waals surface area contributed by atoms with Crippen LogP contribution in [0.2, 0.25) is 10.0 Å². The van der Waals surface area contributed by atoms with Gasteiger partial charge in [0.1, 0.15) is 42.1 Å². The molecular weight excluding hydrogens is 711 g/mol. The fourth-order valence-electron chi connectivity index (χ4n) is 5.10. The standard InChI is InChI=1S/C38H42Cl2N4O8/c1-24-27(6-3-7-30(24)31-8-4-9-33(36(31)40)50-11-5-10-43-29(19-45)20-46)22-52-35-14-34(51-21-26-12-25(15-41)16-42-17-26)28(13-32(35)39)18-44-38(2,23-47)37(48)49/h3-4,6-9,12-14,16-17,29,43-47H,5,10-11,18-23H2,1-2H3,(H,48,49)/t38-/m1/s1. The Labute approximate surface area is 312 Å². The molecule has 0 saturated heterocycles. The topological polar surface area (TPSA) is 186 Å². The highest BCUT2D eigenvalue weighted by Gasteiger charge is 2.32. The molecule has 1 atom stereocenters. The molecule has 0 saturated carbocycles. The van der Waals surface area contributed by atoms with Crippen LogP contribution in [-0.2, 0) is 24.6 Å². The molecule has 4 aromatic rings. The van der Waals surface area contributed by atoms with Crippen LogP contribution >= 0.6 is 23.2 Å². The number of hydrogen-bond acceptors (Lipinski definition) is 11. The maximum absolute atomic E-state index is 11.8. The van der Waals surface area contributed by atoms with Crippen LogP contribution in [0.1, 0.15) is 41.2 Å². The third-order valence-corrected chi connectivity index (χ3v) is 9.11. The van der Waals surface area contributed by atoms with E-state index in [4.69, 9.17) is 37.4 Å². The predicted octanol–water partition coefficient (Wildman–Crippen LogP) is 5.03. The lowest BCUT2D eigenvalue weighted by atomic mass is 9.96. The summed E-state index contributed by atoms with van der Waals surface area (Å²) in [6.45, 7) is 3.55. The zero-order valence-corrected chi connectivity index (χ0v) is 30.4. The van der Waals surface area contributed by atoms with Crippen molar-refractivity contribution >= 4 is 29.2 Å². The van der Waals surface area contributed by atoms with Crippen LogP contribution < -0.4 is 24.8 Å². The maximum atomic E-state index is 11.8. The van der Waals surface area contributed by atoms with Gasteiger partial charge in [0.2, 0.25) is 0 Å². The third kappa shape index (κ3) is 10.6. The van der Waals surface area contributed by atoms with E-state index in [0.717, 1.165) is 22.3 Å². The number of aliphatic carboxylic acids is 1. The van der Waals surface area contributed by atoms with Gasteiger partial charge in [0.05, 0.1) is 48.1 Å². The van der Waals surface area contributed by atoms with Crippen LogP contribution in [0.3, 0.4) is 0 Å². The molecule has 0 fully saturated rings. The van der Waals surface area contributed by atoms with Gasteiger partial charge in [-0.25, -0.2) is 0 Å². The molecule has 0 bridgehead atoms. The molecule has 1 heterocycles. The molecule has 14 heteroatoms. The number of carboxylic acids is 1. The highest BCUT2D eigenvalue weighted by Crippen LogP contribution is 2.39. The first-order valence-electron chi connectivity index (χ1n) is 16.5. The molecule has 0 amide bonds. The average molecular weight is 754 g/mol. The van der Waals surface area contributed by atoms with Crippen molar-refractivity contribution < 1.29 is 39.4 Å². The Balaban J connectivity index is 1.53. The van der Waals surface area contributed by atoms with Crippen LogP contribution in [0.5, 0.6) is 17.2 Å². The van der Waals surface area contributed by atoms with E-state index in [2.05, 4.69) is 15.6 Å². The molecule has 0 radical (unpaired) electrons. The fraction of sp³-hybridized carbons (Fsp3) is 0.342. The lowest BCUT2D eigenvalue weighted by molar-refractivity contribution is -0.145. The Kier molecular flexibility index (Phi) is 15.0. The van der Waals surface area contributed by atoms with Crippen molar-refractivity contribution in [1.29, 1.82) is 5.26 Å². The Bertz CT molecular complexity index is 1870. The van der Waals surface area contributed by atoms with Crippen LogP contribution in [0.4, 0.5) is 0 Å². The fourth-order valence-corrected chi connectivity index (χ4v) is 5.63. The van der Waals surface area contributed by atoms with Gasteiger partial charge in [-0.05, 0) is 61.7 Å². The smallest absolute Gasteiger partial charge is 0.326 e. The largest absolute Gasteiger partial charge is 0.492 e. The molecule has 0 aliphatic carbocycles. The summed E-state index contributed by atoms with van der Waals surface area (Å²) in [5.41, 5.74) is 3.42. The Morgan fingerprint density at radius 3 is 2.38 bits per heavy atom. The number of halogens is 2. The molecule has 4 rings (SSSR count). The summed E-state index contributed by atoms with van der Waals surface area (Å²) >= 11 is 13.5. The molecule has 276 valence electrons. The number of benzene rings is 3. The highest BCUT2D eigenvalue weighted by molar-refractivity contribution is 6.35. The zero-order chi connectivity index (χ0) is 37.7. The molecule has 0 unspecified atom stereocenters. The number of hydrogen-bond donors (Lipinski definition) is 6. The number of carbonyl (C=O) groups is 1. The minimum absolute atomic E-state index is 0.00462. The van der Waals surface area contributed by atoms with E-state index >= 15 is 0 Å². The second kappa shape index (κ2) is 19.4. The van der Waals surface area contributed by atoms with Gasteiger partial charge in [-0.15, -0.1) is 0 Å². The van der Waals surface area contributed by atoms with E-state index in [1.807, 2.05) is 43.3 Å². The van der Waals surface area contributed by atoms with Crippen molar-refractivity contribution in [1.82, 2.24) is 15.6 Å².